The first-order chi connectivity index (χ1) is 7.34. The standard InChI is InChI=1S/C14H21N/c1-12-3-2-4-13(6-5-12)11-14-7-9-15-10-8-14/h2-6,12,14-15H,7-11H2,1H3. The molecular weight excluding hydrogens is 182 g/mol. The van der Waals surface area contributed by atoms with Crippen LogP contribution in [0.25, 0.3) is 0 Å². The molecule has 0 amide bonds. The zero-order valence-electron chi connectivity index (χ0n) is 9.58. The van der Waals surface area contributed by atoms with E-state index in [0.717, 1.165) is 5.92 Å². The predicted molar refractivity (Wildman–Crippen MR) is 65.7 cm³/mol. The Morgan fingerprint density at radius 2 is 2.07 bits per heavy atom. The predicted octanol–water partition coefficient (Wildman–Crippen LogP) is 3.06. The highest BCUT2D eigenvalue weighted by Gasteiger charge is 2.13. The van der Waals surface area contributed by atoms with Crippen LogP contribution in [0.3, 0.4) is 0 Å². The first-order valence-corrected chi connectivity index (χ1v) is 6.11. The maximum Gasteiger partial charge on any atom is -0.00462 e. The Kier molecular flexibility index (Phi) is 3.79. The van der Waals surface area contributed by atoms with Crippen LogP contribution in [0.4, 0.5) is 0 Å². The van der Waals surface area contributed by atoms with Crippen LogP contribution in [-0.4, -0.2) is 13.1 Å². The van der Waals surface area contributed by atoms with Gasteiger partial charge in [-0.05, 0) is 49.8 Å². The van der Waals surface area contributed by atoms with E-state index < -0.39 is 0 Å². The lowest BCUT2D eigenvalue weighted by molar-refractivity contribution is 0.374. The molecule has 1 fully saturated rings. The zero-order chi connectivity index (χ0) is 10.5. The van der Waals surface area contributed by atoms with Crippen LogP contribution in [-0.2, 0) is 0 Å². The maximum atomic E-state index is 3.42. The monoisotopic (exact) mass is 203 g/mol. The molecule has 1 heterocycles. The Hall–Kier alpha value is -0.820. The van der Waals surface area contributed by atoms with Crippen molar-refractivity contribution in [2.45, 2.75) is 26.2 Å². The first kappa shape index (κ1) is 10.7. The molecule has 1 atom stereocenters. The Labute approximate surface area is 93.0 Å². The summed E-state index contributed by atoms with van der Waals surface area (Å²) in [6, 6.07) is 0. The summed E-state index contributed by atoms with van der Waals surface area (Å²) in [5.41, 5.74) is 1.50. The molecule has 0 bridgehead atoms. The second-order valence-electron chi connectivity index (χ2n) is 4.74. The van der Waals surface area contributed by atoms with E-state index in [1.165, 1.54) is 37.9 Å². The van der Waals surface area contributed by atoms with Crippen molar-refractivity contribution >= 4 is 0 Å². The lowest BCUT2D eigenvalue weighted by Crippen LogP contribution is -2.27. The molecule has 2 aliphatic rings. The minimum atomic E-state index is 0.590. The number of nitrogens with one attached hydrogen (secondary N) is 1. The minimum Gasteiger partial charge on any atom is -0.317 e. The SMILES string of the molecule is CC1C=CC=C(CC2CCNCC2)C=C1. The second kappa shape index (κ2) is 5.32. The van der Waals surface area contributed by atoms with E-state index in [-0.39, 0.29) is 0 Å². The minimum absolute atomic E-state index is 0.590. The molecule has 2 rings (SSSR count). The number of hydrogen-bond donors (Lipinski definition) is 1. The van der Waals surface area contributed by atoms with Gasteiger partial charge in [0.25, 0.3) is 0 Å². The van der Waals surface area contributed by atoms with Crippen LogP contribution in [0.2, 0.25) is 0 Å². The zero-order valence-corrected chi connectivity index (χ0v) is 9.58. The maximum absolute atomic E-state index is 3.42. The van der Waals surface area contributed by atoms with Gasteiger partial charge in [-0.25, -0.2) is 0 Å². The third kappa shape index (κ3) is 3.35. The van der Waals surface area contributed by atoms with Crippen molar-refractivity contribution in [2.75, 3.05) is 13.1 Å². The van der Waals surface area contributed by atoms with Gasteiger partial charge in [-0.1, -0.05) is 37.3 Å². The fraction of sp³-hybridized carbons (Fsp3) is 0.571. The number of piperidine rings is 1. The molecule has 1 saturated heterocycles. The van der Waals surface area contributed by atoms with E-state index in [1.54, 1.807) is 0 Å². The van der Waals surface area contributed by atoms with Crippen molar-refractivity contribution in [3.63, 3.8) is 0 Å². The van der Waals surface area contributed by atoms with Crippen molar-refractivity contribution in [1.82, 2.24) is 5.32 Å². The van der Waals surface area contributed by atoms with E-state index in [9.17, 15) is 0 Å². The summed E-state index contributed by atoms with van der Waals surface area (Å²) in [7, 11) is 0. The van der Waals surface area contributed by atoms with E-state index in [2.05, 4.69) is 42.6 Å². The molecule has 1 aliphatic carbocycles. The molecule has 1 unspecified atom stereocenters. The number of hydrogen-bond acceptors (Lipinski definition) is 1. The van der Waals surface area contributed by atoms with Crippen molar-refractivity contribution in [3.05, 3.63) is 36.0 Å². The third-order valence-electron chi connectivity index (χ3n) is 3.32. The molecule has 1 heteroatoms. The molecule has 0 aromatic carbocycles. The van der Waals surface area contributed by atoms with Gasteiger partial charge in [-0.2, -0.15) is 0 Å². The van der Waals surface area contributed by atoms with Crippen LogP contribution < -0.4 is 5.32 Å². The summed E-state index contributed by atoms with van der Waals surface area (Å²) < 4.78 is 0. The lowest BCUT2D eigenvalue weighted by Gasteiger charge is -2.22. The number of rotatable bonds is 2. The summed E-state index contributed by atoms with van der Waals surface area (Å²) in [5.74, 6) is 1.48. The van der Waals surface area contributed by atoms with Crippen molar-refractivity contribution < 1.29 is 0 Å². The average Bonchev–Trinajstić information content (AvgIpc) is 2.46. The molecule has 0 radical (unpaired) electrons. The van der Waals surface area contributed by atoms with Crippen molar-refractivity contribution in [3.8, 4) is 0 Å². The molecule has 1 N–H and O–H groups in total. The first-order valence-electron chi connectivity index (χ1n) is 6.11. The van der Waals surface area contributed by atoms with Gasteiger partial charge < -0.3 is 5.32 Å². The molecule has 0 saturated carbocycles. The normalized spacial score (nSPS) is 27.5. The van der Waals surface area contributed by atoms with E-state index in [1.807, 2.05) is 0 Å². The van der Waals surface area contributed by atoms with Gasteiger partial charge in [-0.15, -0.1) is 0 Å². The summed E-state index contributed by atoms with van der Waals surface area (Å²) in [6.07, 6.45) is 15.3. The molecule has 0 spiro atoms. The highest BCUT2D eigenvalue weighted by molar-refractivity contribution is 5.28. The van der Waals surface area contributed by atoms with E-state index in [4.69, 9.17) is 0 Å². The van der Waals surface area contributed by atoms with Gasteiger partial charge in [0.05, 0.1) is 0 Å². The van der Waals surface area contributed by atoms with Gasteiger partial charge in [0.1, 0.15) is 0 Å². The molecule has 82 valence electrons. The Morgan fingerprint density at radius 1 is 1.27 bits per heavy atom. The third-order valence-corrected chi connectivity index (χ3v) is 3.32. The van der Waals surface area contributed by atoms with Gasteiger partial charge in [0, 0.05) is 0 Å². The van der Waals surface area contributed by atoms with E-state index in [0.29, 0.717) is 5.92 Å². The fourth-order valence-corrected chi connectivity index (χ4v) is 2.30. The van der Waals surface area contributed by atoms with E-state index >= 15 is 0 Å². The molecule has 1 aliphatic heterocycles. The Bertz CT molecular complexity index is 280. The van der Waals surface area contributed by atoms with Crippen LogP contribution in [0.15, 0.2) is 36.0 Å². The molecule has 1 nitrogen and oxygen atoms in total. The van der Waals surface area contributed by atoms with Crippen LogP contribution in [0, 0.1) is 11.8 Å². The topological polar surface area (TPSA) is 12.0 Å². The largest absolute Gasteiger partial charge is 0.317 e. The molecule has 15 heavy (non-hydrogen) atoms. The molecule has 0 aromatic rings. The van der Waals surface area contributed by atoms with Crippen LogP contribution >= 0.6 is 0 Å². The van der Waals surface area contributed by atoms with Gasteiger partial charge in [-0.3, -0.25) is 0 Å². The average molecular weight is 203 g/mol. The van der Waals surface area contributed by atoms with Gasteiger partial charge in [0.2, 0.25) is 0 Å². The summed E-state index contributed by atoms with van der Waals surface area (Å²) in [6.45, 7) is 4.64. The molecular formula is C14H21N. The summed E-state index contributed by atoms with van der Waals surface area (Å²) in [4.78, 5) is 0. The highest BCUT2D eigenvalue weighted by atomic mass is 14.9. The quantitative estimate of drug-likeness (QED) is 0.727. The van der Waals surface area contributed by atoms with Gasteiger partial charge >= 0.3 is 0 Å². The summed E-state index contributed by atoms with van der Waals surface area (Å²) >= 11 is 0. The Morgan fingerprint density at radius 3 is 2.87 bits per heavy atom. The highest BCUT2D eigenvalue weighted by Crippen LogP contribution is 2.23. The van der Waals surface area contributed by atoms with Crippen LogP contribution in [0.1, 0.15) is 26.2 Å². The Balaban J connectivity index is 1.90. The van der Waals surface area contributed by atoms with Gasteiger partial charge in [0.15, 0.2) is 0 Å². The van der Waals surface area contributed by atoms with Crippen molar-refractivity contribution in [2.24, 2.45) is 11.8 Å². The number of allylic oxidation sites excluding steroid dienone is 6. The lowest BCUT2D eigenvalue weighted by atomic mass is 9.90. The summed E-state index contributed by atoms with van der Waals surface area (Å²) in [5, 5.41) is 3.42. The smallest absolute Gasteiger partial charge is 0.00462 e. The van der Waals surface area contributed by atoms with Crippen molar-refractivity contribution in [1.29, 1.82) is 0 Å². The van der Waals surface area contributed by atoms with Crippen LogP contribution in [0.5, 0.6) is 0 Å². The molecule has 0 aromatic heterocycles. The second-order valence-corrected chi connectivity index (χ2v) is 4.74. The fourth-order valence-electron chi connectivity index (χ4n) is 2.30.